The molecule has 18 heavy (non-hydrogen) atoms. The van der Waals surface area contributed by atoms with Gasteiger partial charge in [-0.25, -0.2) is 0 Å². The summed E-state index contributed by atoms with van der Waals surface area (Å²) in [5, 5.41) is 0. The fraction of sp³-hybridized carbons (Fsp3) is 0.462. The van der Waals surface area contributed by atoms with Crippen LogP contribution in [-0.2, 0) is 26.1 Å². The van der Waals surface area contributed by atoms with E-state index in [4.69, 9.17) is 4.74 Å². The third-order valence-electron chi connectivity index (χ3n) is 1.97. The molecule has 0 aliphatic heterocycles. The molecular weight excluding hydrogens is 363 g/mol. The molecule has 100 valence electrons. The minimum absolute atomic E-state index is 0.0533. The van der Waals surface area contributed by atoms with Crippen molar-refractivity contribution in [2.24, 2.45) is 0 Å². The Labute approximate surface area is 124 Å². The largest absolute Gasteiger partial charge is 0.459 e. The van der Waals surface area contributed by atoms with Crippen LogP contribution in [0.5, 0.6) is 0 Å². The lowest BCUT2D eigenvalue weighted by molar-refractivity contribution is -0.151. The summed E-state index contributed by atoms with van der Waals surface area (Å²) in [7, 11) is -1.23. The van der Waals surface area contributed by atoms with Gasteiger partial charge in [-0.1, -0.05) is 18.2 Å². The highest BCUT2D eigenvalue weighted by molar-refractivity contribution is 14.1. The van der Waals surface area contributed by atoms with Crippen molar-refractivity contribution in [3.8, 4) is 0 Å². The number of hydrogen-bond acceptors (Lipinski definition) is 3. The minimum Gasteiger partial charge on any atom is -0.459 e. The summed E-state index contributed by atoms with van der Waals surface area (Å²) in [6.45, 7) is 5.40. The number of benzene rings is 1. The average molecular weight is 380 g/mol. The van der Waals surface area contributed by atoms with Crippen molar-refractivity contribution in [3.63, 3.8) is 0 Å². The predicted octanol–water partition coefficient (Wildman–Crippen LogP) is 2.88. The van der Waals surface area contributed by atoms with Gasteiger partial charge in [-0.05, 0) is 55.0 Å². The SMILES string of the molecule is CC(C)(C)OC(=O)C[S@](=O)Cc1ccccc1I. The van der Waals surface area contributed by atoms with Crippen molar-refractivity contribution < 1.29 is 13.7 Å². The van der Waals surface area contributed by atoms with Crippen LogP contribution in [0.1, 0.15) is 26.3 Å². The molecule has 0 radical (unpaired) electrons. The van der Waals surface area contributed by atoms with Gasteiger partial charge in [-0.3, -0.25) is 9.00 Å². The van der Waals surface area contributed by atoms with Crippen LogP contribution >= 0.6 is 22.6 Å². The summed E-state index contributed by atoms with van der Waals surface area (Å²) >= 11 is 2.20. The molecule has 1 atom stereocenters. The Morgan fingerprint density at radius 1 is 1.33 bits per heavy atom. The lowest BCUT2D eigenvalue weighted by Gasteiger charge is -2.19. The molecule has 0 heterocycles. The number of ether oxygens (including phenoxy) is 1. The van der Waals surface area contributed by atoms with E-state index >= 15 is 0 Å². The predicted molar refractivity (Wildman–Crippen MR) is 81.7 cm³/mol. The van der Waals surface area contributed by atoms with E-state index in [0.717, 1.165) is 9.13 Å². The van der Waals surface area contributed by atoms with Crippen molar-refractivity contribution in [1.82, 2.24) is 0 Å². The first kappa shape index (κ1) is 15.6. The summed E-state index contributed by atoms with van der Waals surface area (Å²) in [5.41, 5.74) is 0.475. The van der Waals surface area contributed by atoms with E-state index in [-0.39, 0.29) is 5.75 Å². The molecule has 0 saturated carbocycles. The Hall–Kier alpha value is -0.430. The van der Waals surface area contributed by atoms with Gasteiger partial charge in [-0.2, -0.15) is 0 Å². The first-order valence-corrected chi connectivity index (χ1v) is 8.15. The molecule has 3 nitrogen and oxygen atoms in total. The molecule has 1 aromatic carbocycles. The van der Waals surface area contributed by atoms with E-state index in [1.165, 1.54) is 0 Å². The third kappa shape index (κ3) is 5.95. The highest BCUT2D eigenvalue weighted by Crippen LogP contribution is 2.14. The number of halogens is 1. The maximum atomic E-state index is 11.9. The molecule has 0 aliphatic carbocycles. The summed E-state index contributed by atoms with van der Waals surface area (Å²) in [5.74, 6) is -0.0765. The lowest BCUT2D eigenvalue weighted by atomic mass is 10.2. The molecule has 1 aromatic rings. The molecule has 0 aromatic heterocycles. The van der Waals surface area contributed by atoms with Crippen LogP contribution in [0.15, 0.2) is 24.3 Å². The molecule has 0 spiro atoms. The van der Waals surface area contributed by atoms with Gasteiger partial charge >= 0.3 is 5.97 Å². The second kappa shape index (κ2) is 6.65. The zero-order chi connectivity index (χ0) is 13.8. The first-order valence-electron chi connectivity index (χ1n) is 5.58. The van der Waals surface area contributed by atoms with E-state index in [1.807, 2.05) is 24.3 Å². The smallest absolute Gasteiger partial charge is 0.319 e. The highest BCUT2D eigenvalue weighted by Gasteiger charge is 2.18. The summed E-state index contributed by atoms with van der Waals surface area (Å²) in [6, 6.07) is 7.72. The van der Waals surface area contributed by atoms with Crippen LogP contribution in [0, 0.1) is 3.57 Å². The summed E-state index contributed by atoms with van der Waals surface area (Å²) in [6.07, 6.45) is 0. The lowest BCUT2D eigenvalue weighted by Crippen LogP contribution is -2.27. The van der Waals surface area contributed by atoms with Crippen LogP contribution in [0.2, 0.25) is 0 Å². The van der Waals surface area contributed by atoms with Crippen molar-refractivity contribution in [2.75, 3.05) is 5.75 Å². The number of esters is 1. The van der Waals surface area contributed by atoms with E-state index in [0.29, 0.717) is 5.75 Å². The molecule has 0 N–H and O–H groups in total. The van der Waals surface area contributed by atoms with Crippen molar-refractivity contribution in [3.05, 3.63) is 33.4 Å². The van der Waals surface area contributed by atoms with E-state index < -0.39 is 22.4 Å². The average Bonchev–Trinajstić information content (AvgIpc) is 2.18. The molecule has 0 fully saturated rings. The Balaban J connectivity index is 2.53. The van der Waals surface area contributed by atoms with Gasteiger partial charge in [0.1, 0.15) is 11.4 Å². The maximum absolute atomic E-state index is 11.9. The zero-order valence-electron chi connectivity index (χ0n) is 10.7. The Morgan fingerprint density at radius 3 is 2.50 bits per heavy atom. The summed E-state index contributed by atoms with van der Waals surface area (Å²) < 4.78 is 18.1. The molecule has 0 unspecified atom stereocenters. The van der Waals surface area contributed by atoms with Crippen molar-refractivity contribution in [2.45, 2.75) is 32.1 Å². The van der Waals surface area contributed by atoms with Crippen molar-refractivity contribution >= 4 is 39.4 Å². The van der Waals surface area contributed by atoms with Crippen LogP contribution < -0.4 is 0 Å². The molecule has 5 heteroatoms. The van der Waals surface area contributed by atoms with Gasteiger partial charge in [0.15, 0.2) is 0 Å². The quantitative estimate of drug-likeness (QED) is 0.596. The molecule has 0 aliphatic rings. The second-order valence-electron chi connectivity index (χ2n) is 4.91. The fourth-order valence-electron chi connectivity index (χ4n) is 1.34. The van der Waals surface area contributed by atoms with Gasteiger partial charge in [0.25, 0.3) is 0 Å². The first-order chi connectivity index (χ1) is 8.28. The van der Waals surface area contributed by atoms with Gasteiger partial charge in [0.2, 0.25) is 0 Å². The molecule has 0 saturated heterocycles. The van der Waals surface area contributed by atoms with Gasteiger partial charge in [-0.15, -0.1) is 0 Å². The number of carbonyl (C=O) groups excluding carboxylic acids is 1. The molecule has 0 bridgehead atoms. The zero-order valence-corrected chi connectivity index (χ0v) is 13.7. The molecule has 0 amide bonds. The third-order valence-corrected chi connectivity index (χ3v) is 4.22. The Kier molecular flexibility index (Phi) is 5.78. The standard InChI is InChI=1S/C13H17IO3S/c1-13(2,3)17-12(15)9-18(16)8-10-6-4-5-7-11(10)14/h4-7H,8-9H2,1-3H3/t18-/m1/s1. The monoisotopic (exact) mass is 380 g/mol. The van der Waals surface area contributed by atoms with Crippen LogP contribution in [0.3, 0.4) is 0 Å². The highest BCUT2D eigenvalue weighted by atomic mass is 127. The van der Waals surface area contributed by atoms with E-state index in [9.17, 15) is 9.00 Å². The van der Waals surface area contributed by atoms with Gasteiger partial charge < -0.3 is 4.74 Å². The minimum atomic E-state index is -1.23. The van der Waals surface area contributed by atoms with Crippen LogP contribution in [-0.4, -0.2) is 21.5 Å². The van der Waals surface area contributed by atoms with E-state index in [2.05, 4.69) is 22.6 Å². The molecular formula is C13H17IO3S. The summed E-state index contributed by atoms with van der Waals surface area (Å²) in [4.78, 5) is 11.5. The van der Waals surface area contributed by atoms with Crippen molar-refractivity contribution in [1.29, 1.82) is 0 Å². The second-order valence-corrected chi connectivity index (χ2v) is 7.53. The number of carbonyl (C=O) groups is 1. The van der Waals surface area contributed by atoms with Gasteiger partial charge in [0.05, 0.1) is 5.75 Å². The van der Waals surface area contributed by atoms with E-state index in [1.54, 1.807) is 20.8 Å². The topological polar surface area (TPSA) is 43.4 Å². The fourth-order valence-corrected chi connectivity index (χ4v) is 3.20. The maximum Gasteiger partial charge on any atom is 0.319 e. The van der Waals surface area contributed by atoms with Gasteiger partial charge in [0, 0.05) is 14.4 Å². The number of rotatable bonds is 4. The molecule has 1 rings (SSSR count). The van der Waals surface area contributed by atoms with Crippen LogP contribution in [0.25, 0.3) is 0 Å². The number of hydrogen-bond donors (Lipinski definition) is 0. The van der Waals surface area contributed by atoms with Crippen LogP contribution in [0.4, 0.5) is 0 Å². The normalized spacial score (nSPS) is 13.1. The Morgan fingerprint density at radius 2 is 1.94 bits per heavy atom. The Bertz CT molecular complexity index is 452.